The predicted molar refractivity (Wildman–Crippen MR) is 71.7 cm³/mol. The van der Waals surface area contributed by atoms with E-state index in [1.54, 1.807) is 19.1 Å². The van der Waals surface area contributed by atoms with E-state index in [0.29, 0.717) is 10.6 Å². The molecular weight excluding hydrogens is 266 g/mol. The fourth-order valence-electron chi connectivity index (χ4n) is 1.66. The summed E-state index contributed by atoms with van der Waals surface area (Å²) in [5, 5.41) is 9.73. The average Bonchev–Trinajstić information content (AvgIpc) is 2.37. The van der Waals surface area contributed by atoms with Gasteiger partial charge in [0, 0.05) is 16.8 Å². The van der Waals surface area contributed by atoms with Gasteiger partial charge in [-0.2, -0.15) is 0 Å². The quantitative estimate of drug-likeness (QED) is 0.931. The number of carbonyl (C=O) groups is 1. The summed E-state index contributed by atoms with van der Waals surface area (Å²) in [6.07, 6.45) is 1.52. The monoisotopic (exact) mass is 277 g/mol. The van der Waals surface area contributed by atoms with Crippen LogP contribution in [0.5, 0.6) is 5.88 Å². The largest absolute Gasteiger partial charge is 0.477 e. The maximum atomic E-state index is 11.2. The van der Waals surface area contributed by atoms with Crippen molar-refractivity contribution >= 4 is 17.6 Å². The summed E-state index contributed by atoms with van der Waals surface area (Å²) < 4.78 is 5.47. The Morgan fingerprint density at radius 1 is 1.37 bits per heavy atom. The third-order valence-corrected chi connectivity index (χ3v) is 3.03. The van der Waals surface area contributed by atoms with Gasteiger partial charge in [0.2, 0.25) is 5.88 Å². The number of aromatic nitrogens is 1. The van der Waals surface area contributed by atoms with Gasteiger partial charge in [-0.1, -0.05) is 29.8 Å². The van der Waals surface area contributed by atoms with Crippen LogP contribution in [0.15, 0.2) is 36.5 Å². The van der Waals surface area contributed by atoms with Crippen LogP contribution in [0, 0.1) is 6.92 Å². The summed E-state index contributed by atoms with van der Waals surface area (Å²) in [4.78, 5) is 15.1. The minimum atomic E-state index is -1.06. The number of aromatic carboxylic acids is 1. The minimum absolute atomic E-state index is 0.0783. The number of pyridine rings is 1. The Morgan fingerprint density at radius 2 is 2.11 bits per heavy atom. The molecule has 0 aliphatic carbocycles. The van der Waals surface area contributed by atoms with E-state index in [9.17, 15) is 4.79 Å². The van der Waals surface area contributed by atoms with E-state index in [0.717, 1.165) is 5.56 Å². The van der Waals surface area contributed by atoms with E-state index >= 15 is 0 Å². The Balaban J connectivity index is 2.23. The van der Waals surface area contributed by atoms with Gasteiger partial charge < -0.3 is 9.84 Å². The molecule has 0 saturated heterocycles. The van der Waals surface area contributed by atoms with Crippen LogP contribution in [0.4, 0.5) is 0 Å². The van der Waals surface area contributed by atoms with E-state index in [-0.39, 0.29) is 18.1 Å². The Morgan fingerprint density at radius 3 is 2.79 bits per heavy atom. The molecule has 0 aliphatic rings. The molecule has 1 aromatic carbocycles. The van der Waals surface area contributed by atoms with E-state index in [1.165, 1.54) is 6.20 Å². The van der Waals surface area contributed by atoms with Crippen molar-refractivity contribution in [2.45, 2.75) is 13.5 Å². The van der Waals surface area contributed by atoms with E-state index in [1.807, 2.05) is 18.2 Å². The van der Waals surface area contributed by atoms with Crippen molar-refractivity contribution in [2.75, 3.05) is 0 Å². The van der Waals surface area contributed by atoms with Gasteiger partial charge >= 0.3 is 5.97 Å². The Bertz CT molecular complexity index is 613. The van der Waals surface area contributed by atoms with Gasteiger partial charge in [-0.25, -0.2) is 9.78 Å². The van der Waals surface area contributed by atoms with Gasteiger partial charge in [0.15, 0.2) is 0 Å². The fraction of sp³-hybridized carbons (Fsp3) is 0.143. The molecule has 0 bridgehead atoms. The molecule has 0 radical (unpaired) electrons. The molecule has 4 nitrogen and oxygen atoms in total. The number of carboxylic acid groups (broad SMARTS) is 1. The first kappa shape index (κ1) is 13.4. The molecule has 0 atom stereocenters. The minimum Gasteiger partial charge on any atom is -0.477 e. The van der Waals surface area contributed by atoms with Crippen molar-refractivity contribution < 1.29 is 14.6 Å². The lowest BCUT2D eigenvalue weighted by Gasteiger charge is -2.10. The van der Waals surface area contributed by atoms with Crippen LogP contribution < -0.4 is 4.74 Å². The van der Waals surface area contributed by atoms with Gasteiger partial charge in [-0.05, 0) is 24.6 Å². The lowest BCUT2D eigenvalue weighted by Crippen LogP contribution is -2.07. The topological polar surface area (TPSA) is 59.4 Å². The number of halogens is 1. The van der Waals surface area contributed by atoms with Crippen molar-refractivity contribution in [3.63, 3.8) is 0 Å². The molecule has 0 aliphatic heterocycles. The number of aryl methyl sites for hydroxylation is 1. The maximum absolute atomic E-state index is 11.2. The fourth-order valence-corrected chi connectivity index (χ4v) is 1.85. The molecule has 0 amide bonds. The number of ether oxygens (including phenoxy) is 1. The molecule has 0 saturated carbocycles. The van der Waals surface area contributed by atoms with Crippen LogP contribution >= 0.6 is 11.6 Å². The number of benzene rings is 1. The molecule has 1 aromatic heterocycles. The molecule has 0 unspecified atom stereocenters. The molecule has 5 heteroatoms. The summed E-state index contributed by atoms with van der Waals surface area (Å²) in [6, 6.07) is 8.86. The molecule has 98 valence electrons. The Kier molecular flexibility index (Phi) is 4.02. The summed E-state index contributed by atoms with van der Waals surface area (Å²) in [5.74, 6) is -0.952. The predicted octanol–water partition coefficient (Wildman–Crippen LogP) is 3.32. The first-order chi connectivity index (χ1) is 9.09. The van der Waals surface area contributed by atoms with Crippen LogP contribution in [0.3, 0.4) is 0 Å². The van der Waals surface area contributed by atoms with Crippen molar-refractivity contribution in [1.82, 2.24) is 4.98 Å². The number of hydrogen-bond donors (Lipinski definition) is 1. The number of nitrogens with zero attached hydrogens (tertiary/aromatic N) is 1. The van der Waals surface area contributed by atoms with Crippen molar-refractivity contribution in [3.8, 4) is 5.88 Å². The lowest BCUT2D eigenvalue weighted by molar-refractivity contribution is 0.0689. The van der Waals surface area contributed by atoms with Gasteiger partial charge in [0.1, 0.15) is 12.2 Å². The molecule has 1 heterocycles. The van der Waals surface area contributed by atoms with Crippen LogP contribution in [0.2, 0.25) is 5.02 Å². The SMILES string of the molecule is Cc1ccnc(OCc2ccccc2Cl)c1C(=O)O. The number of rotatable bonds is 4. The number of hydrogen-bond acceptors (Lipinski definition) is 3. The summed E-state index contributed by atoms with van der Waals surface area (Å²) in [7, 11) is 0. The zero-order valence-electron chi connectivity index (χ0n) is 10.3. The third-order valence-electron chi connectivity index (χ3n) is 2.66. The van der Waals surface area contributed by atoms with Gasteiger partial charge in [0.25, 0.3) is 0 Å². The smallest absolute Gasteiger partial charge is 0.341 e. The van der Waals surface area contributed by atoms with E-state index in [4.69, 9.17) is 21.4 Å². The van der Waals surface area contributed by atoms with Crippen molar-refractivity contribution in [2.24, 2.45) is 0 Å². The standard InChI is InChI=1S/C14H12ClNO3/c1-9-6-7-16-13(12(9)14(17)18)19-8-10-4-2-3-5-11(10)15/h2-7H,8H2,1H3,(H,17,18). The summed E-state index contributed by atoms with van der Waals surface area (Å²) in [5.41, 5.74) is 1.47. The molecule has 1 N–H and O–H groups in total. The number of carboxylic acids is 1. The normalized spacial score (nSPS) is 10.2. The van der Waals surface area contributed by atoms with Crippen LogP contribution in [-0.2, 0) is 6.61 Å². The van der Waals surface area contributed by atoms with Gasteiger partial charge in [0.05, 0.1) is 0 Å². The molecular formula is C14H12ClNO3. The average molecular weight is 278 g/mol. The first-order valence-corrected chi connectivity index (χ1v) is 6.02. The third kappa shape index (κ3) is 3.03. The summed E-state index contributed by atoms with van der Waals surface area (Å²) >= 11 is 6.01. The lowest BCUT2D eigenvalue weighted by atomic mass is 10.1. The molecule has 2 rings (SSSR count). The van der Waals surface area contributed by atoms with Crippen molar-refractivity contribution in [3.05, 3.63) is 58.2 Å². The highest BCUT2D eigenvalue weighted by atomic mass is 35.5. The molecule has 19 heavy (non-hydrogen) atoms. The first-order valence-electron chi connectivity index (χ1n) is 5.64. The zero-order valence-corrected chi connectivity index (χ0v) is 11.0. The van der Waals surface area contributed by atoms with Crippen LogP contribution in [0.25, 0.3) is 0 Å². The Labute approximate surface area is 115 Å². The van der Waals surface area contributed by atoms with Crippen molar-refractivity contribution in [1.29, 1.82) is 0 Å². The molecule has 0 spiro atoms. The highest BCUT2D eigenvalue weighted by Gasteiger charge is 2.16. The van der Waals surface area contributed by atoms with Gasteiger partial charge in [-0.15, -0.1) is 0 Å². The summed E-state index contributed by atoms with van der Waals surface area (Å²) in [6.45, 7) is 1.88. The molecule has 2 aromatic rings. The highest BCUT2D eigenvalue weighted by Crippen LogP contribution is 2.22. The Hall–Kier alpha value is -2.07. The molecule has 0 fully saturated rings. The van der Waals surface area contributed by atoms with E-state index in [2.05, 4.69) is 4.98 Å². The maximum Gasteiger partial charge on any atom is 0.341 e. The second-order valence-electron chi connectivity index (χ2n) is 3.99. The van der Waals surface area contributed by atoms with Gasteiger partial charge in [-0.3, -0.25) is 0 Å². The van der Waals surface area contributed by atoms with E-state index < -0.39 is 5.97 Å². The van der Waals surface area contributed by atoms with Crippen LogP contribution in [-0.4, -0.2) is 16.1 Å². The van der Waals surface area contributed by atoms with Crippen LogP contribution in [0.1, 0.15) is 21.5 Å². The highest BCUT2D eigenvalue weighted by molar-refractivity contribution is 6.31. The zero-order chi connectivity index (χ0) is 13.8. The second-order valence-corrected chi connectivity index (χ2v) is 4.40. The second kappa shape index (κ2) is 5.71.